The SMILES string of the molecule is CCOC(=O)[C@H](NC(=O)[C@@H](O)c1ccccc1)[C@@H](O)c1cccnc1. The summed E-state index contributed by atoms with van der Waals surface area (Å²) < 4.78 is 4.92. The molecule has 7 heteroatoms. The molecule has 2 aromatic rings. The minimum atomic E-state index is -1.47. The number of nitrogens with zero attached hydrogens (tertiary/aromatic N) is 1. The number of aliphatic hydroxyl groups is 2. The zero-order valence-corrected chi connectivity index (χ0v) is 13.7. The van der Waals surface area contributed by atoms with Gasteiger partial charge in [-0.15, -0.1) is 0 Å². The van der Waals surface area contributed by atoms with Gasteiger partial charge in [-0.1, -0.05) is 36.4 Å². The molecule has 1 amide bonds. The Bertz CT molecular complexity index is 693. The van der Waals surface area contributed by atoms with Crippen LogP contribution in [0.2, 0.25) is 0 Å². The van der Waals surface area contributed by atoms with Crippen molar-refractivity contribution in [1.29, 1.82) is 0 Å². The van der Waals surface area contributed by atoms with Crippen LogP contribution in [0.5, 0.6) is 0 Å². The van der Waals surface area contributed by atoms with E-state index in [9.17, 15) is 19.8 Å². The molecule has 0 saturated carbocycles. The fraction of sp³-hybridized carbons (Fsp3) is 0.278. The third kappa shape index (κ3) is 4.85. The van der Waals surface area contributed by atoms with E-state index in [1.54, 1.807) is 49.4 Å². The molecule has 0 saturated heterocycles. The first-order valence-corrected chi connectivity index (χ1v) is 7.82. The topological polar surface area (TPSA) is 109 Å². The Balaban J connectivity index is 2.18. The van der Waals surface area contributed by atoms with E-state index in [0.717, 1.165) is 0 Å². The van der Waals surface area contributed by atoms with Crippen LogP contribution in [0.15, 0.2) is 54.9 Å². The van der Waals surface area contributed by atoms with E-state index in [-0.39, 0.29) is 6.61 Å². The molecule has 132 valence electrons. The fourth-order valence-electron chi connectivity index (χ4n) is 2.26. The lowest BCUT2D eigenvalue weighted by atomic mass is 10.0. The molecule has 1 aromatic heterocycles. The Morgan fingerprint density at radius 1 is 1.12 bits per heavy atom. The van der Waals surface area contributed by atoms with Gasteiger partial charge in [0.2, 0.25) is 0 Å². The van der Waals surface area contributed by atoms with Crippen LogP contribution < -0.4 is 5.32 Å². The maximum atomic E-state index is 12.3. The molecule has 3 N–H and O–H groups in total. The highest BCUT2D eigenvalue weighted by molar-refractivity contribution is 5.88. The molecule has 0 aliphatic heterocycles. The lowest BCUT2D eigenvalue weighted by molar-refractivity contribution is -0.152. The summed E-state index contributed by atoms with van der Waals surface area (Å²) in [6.07, 6.45) is 0.0724. The molecular weight excluding hydrogens is 324 g/mol. The summed E-state index contributed by atoms with van der Waals surface area (Å²) in [6, 6.07) is 10.1. The molecule has 0 aliphatic carbocycles. The molecule has 0 spiro atoms. The van der Waals surface area contributed by atoms with Crippen molar-refractivity contribution in [3.8, 4) is 0 Å². The number of hydrogen-bond acceptors (Lipinski definition) is 6. The van der Waals surface area contributed by atoms with Gasteiger partial charge < -0.3 is 20.3 Å². The molecule has 0 radical (unpaired) electrons. The Kier molecular flexibility index (Phi) is 6.62. The van der Waals surface area contributed by atoms with Crippen LogP contribution in [0.4, 0.5) is 0 Å². The summed E-state index contributed by atoms with van der Waals surface area (Å²) in [5, 5.41) is 22.9. The molecule has 0 fully saturated rings. The zero-order chi connectivity index (χ0) is 18.2. The van der Waals surface area contributed by atoms with Gasteiger partial charge in [0.1, 0.15) is 6.10 Å². The van der Waals surface area contributed by atoms with Crippen molar-refractivity contribution < 1.29 is 24.5 Å². The minimum absolute atomic E-state index is 0.0895. The lowest BCUT2D eigenvalue weighted by Crippen LogP contribution is -2.47. The second-order valence-corrected chi connectivity index (χ2v) is 5.28. The summed E-state index contributed by atoms with van der Waals surface area (Å²) in [7, 11) is 0. The van der Waals surface area contributed by atoms with Crippen molar-refractivity contribution in [2.24, 2.45) is 0 Å². The molecule has 3 atom stereocenters. The largest absolute Gasteiger partial charge is 0.464 e. The Morgan fingerprint density at radius 3 is 2.40 bits per heavy atom. The van der Waals surface area contributed by atoms with Crippen LogP contribution in [0.3, 0.4) is 0 Å². The number of ether oxygens (including phenoxy) is 1. The van der Waals surface area contributed by atoms with Gasteiger partial charge in [-0.05, 0) is 18.6 Å². The van der Waals surface area contributed by atoms with Crippen LogP contribution in [0.25, 0.3) is 0 Å². The average Bonchev–Trinajstić information content (AvgIpc) is 2.66. The molecule has 25 heavy (non-hydrogen) atoms. The Labute approximate surface area is 145 Å². The zero-order valence-electron chi connectivity index (χ0n) is 13.7. The second-order valence-electron chi connectivity index (χ2n) is 5.28. The summed E-state index contributed by atoms with van der Waals surface area (Å²) in [6.45, 7) is 1.71. The predicted octanol–water partition coefficient (Wildman–Crippen LogP) is 0.896. The highest BCUT2D eigenvalue weighted by Crippen LogP contribution is 2.19. The van der Waals surface area contributed by atoms with Crippen molar-refractivity contribution in [1.82, 2.24) is 10.3 Å². The fourth-order valence-corrected chi connectivity index (χ4v) is 2.26. The number of carbonyl (C=O) groups excluding carboxylic acids is 2. The number of aromatic nitrogens is 1. The minimum Gasteiger partial charge on any atom is -0.464 e. The number of aliphatic hydroxyl groups excluding tert-OH is 2. The van der Waals surface area contributed by atoms with E-state index in [1.807, 2.05) is 0 Å². The summed E-state index contributed by atoms with van der Waals surface area (Å²) in [4.78, 5) is 28.3. The quantitative estimate of drug-likeness (QED) is 0.644. The molecule has 2 rings (SSSR count). The molecule has 1 heterocycles. The van der Waals surface area contributed by atoms with Crippen LogP contribution in [0.1, 0.15) is 30.3 Å². The van der Waals surface area contributed by atoms with Crippen molar-refractivity contribution in [2.45, 2.75) is 25.2 Å². The molecular formula is C18H20N2O5. The number of esters is 1. The summed E-state index contributed by atoms with van der Waals surface area (Å²) >= 11 is 0. The van der Waals surface area contributed by atoms with Gasteiger partial charge >= 0.3 is 5.97 Å². The van der Waals surface area contributed by atoms with Crippen molar-refractivity contribution in [2.75, 3.05) is 6.61 Å². The number of benzene rings is 1. The van der Waals surface area contributed by atoms with Crippen LogP contribution in [-0.4, -0.2) is 39.7 Å². The van der Waals surface area contributed by atoms with E-state index < -0.39 is 30.1 Å². The maximum Gasteiger partial charge on any atom is 0.331 e. The van der Waals surface area contributed by atoms with Gasteiger partial charge in [0.15, 0.2) is 12.1 Å². The van der Waals surface area contributed by atoms with E-state index in [1.165, 1.54) is 12.4 Å². The maximum absolute atomic E-state index is 12.3. The second kappa shape index (κ2) is 8.91. The van der Waals surface area contributed by atoms with E-state index in [0.29, 0.717) is 11.1 Å². The number of hydrogen-bond donors (Lipinski definition) is 3. The first-order chi connectivity index (χ1) is 12.0. The monoisotopic (exact) mass is 344 g/mol. The van der Waals surface area contributed by atoms with Gasteiger partial charge in [0.05, 0.1) is 6.61 Å². The lowest BCUT2D eigenvalue weighted by Gasteiger charge is -2.24. The molecule has 1 aromatic carbocycles. The normalized spacial score (nSPS) is 14.2. The average molecular weight is 344 g/mol. The van der Waals surface area contributed by atoms with E-state index in [2.05, 4.69) is 10.3 Å². The predicted molar refractivity (Wildman–Crippen MR) is 89.2 cm³/mol. The summed E-state index contributed by atoms with van der Waals surface area (Å²) in [5.74, 6) is -1.61. The van der Waals surface area contributed by atoms with Crippen molar-refractivity contribution in [3.63, 3.8) is 0 Å². The Hall–Kier alpha value is -2.77. The van der Waals surface area contributed by atoms with Gasteiger partial charge in [-0.25, -0.2) is 4.79 Å². The van der Waals surface area contributed by atoms with Gasteiger partial charge in [0.25, 0.3) is 5.91 Å². The molecule has 0 bridgehead atoms. The van der Waals surface area contributed by atoms with E-state index in [4.69, 9.17) is 4.74 Å². The third-order valence-electron chi connectivity index (χ3n) is 3.54. The molecule has 0 aliphatic rings. The van der Waals surface area contributed by atoms with Crippen molar-refractivity contribution >= 4 is 11.9 Å². The number of carbonyl (C=O) groups is 2. The third-order valence-corrected chi connectivity index (χ3v) is 3.54. The molecule has 0 unspecified atom stereocenters. The van der Waals surface area contributed by atoms with Crippen LogP contribution >= 0.6 is 0 Å². The van der Waals surface area contributed by atoms with Crippen LogP contribution in [-0.2, 0) is 14.3 Å². The Morgan fingerprint density at radius 2 is 1.80 bits per heavy atom. The smallest absolute Gasteiger partial charge is 0.331 e. The van der Waals surface area contributed by atoms with Gasteiger partial charge in [0, 0.05) is 18.0 Å². The van der Waals surface area contributed by atoms with Crippen LogP contribution in [0, 0.1) is 0 Å². The van der Waals surface area contributed by atoms with Crippen molar-refractivity contribution in [3.05, 3.63) is 66.0 Å². The number of amides is 1. The highest BCUT2D eigenvalue weighted by atomic mass is 16.5. The highest BCUT2D eigenvalue weighted by Gasteiger charge is 2.33. The number of rotatable bonds is 7. The van der Waals surface area contributed by atoms with Gasteiger partial charge in [-0.2, -0.15) is 0 Å². The molecule has 7 nitrogen and oxygen atoms in total. The number of pyridine rings is 1. The standard InChI is InChI=1S/C18H20N2O5/c1-2-25-18(24)14(15(21)13-9-6-10-19-11-13)20-17(23)16(22)12-7-4-3-5-8-12/h3-11,14-16,21-22H,2H2,1H3,(H,20,23)/t14-,15+,16+/m1/s1. The van der Waals surface area contributed by atoms with E-state index >= 15 is 0 Å². The van der Waals surface area contributed by atoms with Gasteiger partial charge in [-0.3, -0.25) is 9.78 Å². The first-order valence-electron chi connectivity index (χ1n) is 7.82. The number of nitrogens with one attached hydrogen (secondary N) is 1. The summed E-state index contributed by atoms with van der Waals surface area (Å²) in [5.41, 5.74) is 0.716. The first kappa shape index (κ1) is 18.6.